The lowest BCUT2D eigenvalue weighted by atomic mass is 10.1. The Morgan fingerprint density at radius 2 is 1.56 bits per heavy atom. The number of ether oxygens (including phenoxy) is 4. The first-order valence-corrected chi connectivity index (χ1v) is 11.6. The second-order valence-corrected chi connectivity index (χ2v) is 8.11. The maximum absolute atomic E-state index is 11.8. The summed E-state index contributed by atoms with van der Waals surface area (Å²) < 4.78 is 21.8. The van der Waals surface area contributed by atoms with Gasteiger partial charge in [-0.15, -0.1) is 0 Å². The Morgan fingerprint density at radius 1 is 0.806 bits per heavy atom. The molecule has 184 valence electrons. The number of anilines is 1. The molecule has 1 N–H and O–H groups in total. The van der Waals surface area contributed by atoms with Crippen molar-refractivity contribution < 1.29 is 23.7 Å². The highest BCUT2D eigenvalue weighted by Gasteiger charge is 2.08. The molecule has 4 aromatic rings. The Bertz CT molecular complexity index is 1360. The first-order chi connectivity index (χ1) is 17.6. The Morgan fingerprint density at radius 3 is 2.31 bits per heavy atom. The van der Waals surface area contributed by atoms with Gasteiger partial charge in [0, 0.05) is 23.7 Å². The predicted octanol–water partition coefficient (Wildman–Crippen LogP) is 6.22. The van der Waals surface area contributed by atoms with E-state index in [1.807, 2.05) is 54.6 Å². The van der Waals surface area contributed by atoms with Crippen LogP contribution in [0.2, 0.25) is 0 Å². The van der Waals surface area contributed by atoms with Crippen LogP contribution in [0.15, 0.2) is 90.5 Å². The molecule has 0 bridgehead atoms. The number of hydrogen-bond acceptors (Lipinski definition) is 6. The fourth-order valence-corrected chi connectivity index (χ4v) is 3.87. The van der Waals surface area contributed by atoms with Gasteiger partial charge in [-0.3, -0.25) is 0 Å². The van der Waals surface area contributed by atoms with Crippen molar-refractivity contribution in [1.29, 1.82) is 0 Å². The van der Waals surface area contributed by atoms with Crippen LogP contribution in [0.25, 0.3) is 16.8 Å². The topological polar surface area (TPSA) is 66.0 Å². The average Bonchev–Trinajstić information content (AvgIpc) is 2.94. The summed E-state index contributed by atoms with van der Waals surface area (Å²) in [6.07, 6.45) is 2.06. The standard InChI is InChI=1S/C30H29NO5/c1-33-28-16-15-25(18-29(28)34-2)31-19-22(17-21-11-13-24(14-12-21)30(32)35-3)20-36-27-10-6-8-23-7-4-5-9-26(23)27/h4-18,31H,19-20H2,1-3H3. The molecule has 0 aliphatic carbocycles. The Balaban J connectivity index is 1.57. The Hall–Kier alpha value is -4.45. The van der Waals surface area contributed by atoms with E-state index in [1.165, 1.54) is 7.11 Å². The highest BCUT2D eigenvalue weighted by molar-refractivity contribution is 5.89. The second-order valence-electron chi connectivity index (χ2n) is 8.11. The van der Waals surface area contributed by atoms with Crippen LogP contribution in [0, 0.1) is 0 Å². The number of hydrogen-bond donors (Lipinski definition) is 1. The van der Waals surface area contributed by atoms with Gasteiger partial charge in [0.25, 0.3) is 0 Å². The maximum Gasteiger partial charge on any atom is 0.337 e. The molecule has 6 heteroatoms. The molecule has 4 aromatic carbocycles. The normalized spacial score (nSPS) is 11.1. The van der Waals surface area contributed by atoms with Gasteiger partial charge in [0.1, 0.15) is 12.4 Å². The summed E-state index contributed by atoms with van der Waals surface area (Å²) in [5, 5.41) is 5.64. The third-order valence-electron chi connectivity index (χ3n) is 5.77. The van der Waals surface area contributed by atoms with Gasteiger partial charge < -0.3 is 24.3 Å². The Kier molecular flexibility index (Phi) is 8.08. The van der Waals surface area contributed by atoms with Crippen LogP contribution in [0.4, 0.5) is 5.69 Å². The fourth-order valence-electron chi connectivity index (χ4n) is 3.87. The lowest BCUT2D eigenvalue weighted by molar-refractivity contribution is 0.0600. The first-order valence-electron chi connectivity index (χ1n) is 11.6. The number of nitrogens with one attached hydrogen (secondary N) is 1. The van der Waals surface area contributed by atoms with Gasteiger partial charge in [-0.25, -0.2) is 4.79 Å². The van der Waals surface area contributed by atoms with Crippen LogP contribution in [-0.2, 0) is 4.74 Å². The van der Waals surface area contributed by atoms with Crippen LogP contribution in [-0.4, -0.2) is 40.5 Å². The zero-order chi connectivity index (χ0) is 25.3. The highest BCUT2D eigenvalue weighted by Crippen LogP contribution is 2.30. The molecule has 0 fully saturated rings. The van der Waals surface area contributed by atoms with E-state index in [9.17, 15) is 4.79 Å². The third-order valence-corrected chi connectivity index (χ3v) is 5.77. The highest BCUT2D eigenvalue weighted by atomic mass is 16.5. The summed E-state index contributed by atoms with van der Waals surface area (Å²) in [5.74, 6) is 1.79. The molecular weight excluding hydrogens is 454 g/mol. The van der Waals surface area contributed by atoms with Crippen LogP contribution >= 0.6 is 0 Å². The number of rotatable bonds is 10. The van der Waals surface area contributed by atoms with Crippen molar-refractivity contribution in [3.05, 3.63) is 102 Å². The van der Waals surface area contributed by atoms with Gasteiger partial charge in [0.2, 0.25) is 0 Å². The summed E-state index contributed by atoms with van der Waals surface area (Å²) in [5.41, 5.74) is 3.37. The molecule has 0 atom stereocenters. The van der Waals surface area contributed by atoms with Crippen LogP contribution in [0.1, 0.15) is 15.9 Å². The van der Waals surface area contributed by atoms with Gasteiger partial charge in [-0.1, -0.05) is 54.6 Å². The molecule has 0 radical (unpaired) electrons. The minimum Gasteiger partial charge on any atom is -0.493 e. The molecule has 0 saturated heterocycles. The van der Waals surface area contributed by atoms with Gasteiger partial charge in [-0.2, -0.15) is 0 Å². The third kappa shape index (κ3) is 5.96. The predicted molar refractivity (Wildman–Crippen MR) is 143 cm³/mol. The van der Waals surface area contributed by atoms with Crippen molar-refractivity contribution in [3.8, 4) is 17.2 Å². The van der Waals surface area contributed by atoms with Gasteiger partial charge in [0.15, 0.2) is 11.5 Å². The van der Waals surface area contributed by atoms with Gasteiger partial charge in [0.05, 0.1) is 26.9 Å². The number of esters is 1. The van der Waals surface area contributed by atoms with E-state index in [-0.39, 0.29) is 5.97 Å². The fraction of sp³-hybridized carbons (Fsp3) is 0.167. The van der Waals surface area contributed by atoms with Crippen LogP contribution < -0.4 is 19.5 Å². The largest absolute Gasteiger partial charge is 0.493 e. The lowest BCUT2D eigenvalue weighted by Crippen LogP contribution is -2.12. The molecule has 0 spiro atoms. The van der Waals surface area contributed by atoms with Crippen molar-refractivity contribution in [2.45, 2.75) is 0 Å². The molecule has 0 aliphatic rings. The van der Waals surface area contributed by atoms with Gasteiger partial charge in [-0.05, 0) is 46.9 Å². The molecule has 0 amide bonds. The smallest absolute Gasteiger partial charge is 0.337 e. The minimum absolute atomic E-state index is 0.361. The van der Waals surface area contributed by atoms with E-state index >= 15 is 0 Å². The molecule has 0 saturated carbocycles. The SMILES string of the molecule is COC(=O)c1ccc(C=C(CNc2ccc(OC)c(OC)c2)COc2cccc3ccccc23)cc1. The lowest BCUT2D eigenvalue weighted by Gasteiger charge is -2.15. The summed E-state index contributed by atoms with van der Waals surface area (Å²) in [4.78, 5) is 11.8. The first kappa shape index (κ1) is 24.7. The minimum atomic E-state index is -0.361. The quantitative estimate of drug-likeness (QED) is 0.270. The second kappa shape index (κ2) is 11.8. The number of carbonyl (C=O) groups excluding carboxylic acids is 1. The molecule has 4 rings (SSSR count). The molecule has 0 heterocycles. The van der Waals surface area contributed by atoms with E-state index in [1.54, 1.807) is 26.4 Å². The van der Waals surface area contributed by atoms with Crippen LogP contribution in [0.3, 0.4) is 0 Å². The van der Waals surface area contributed by atoms with Gasteiger partial charge >= 0.3 is 5.97 Å². The number of fused-ring (bicyclic) bond motifs is 1. The van der Waals surface area contributed by atoms with E-state index in [0.29, 0.717) is 30.2 Å². The molecule has 0 unspecified atom stereocenters. The zero-order valence-electron chi connectivity index (χ0n) is 20.6. The number of carbonyl (C=O) groups is 1. The van der Waals surface area contributed by atoms with Crippen LogP contribution in [0.5, 0.6) is 17.2 Å². The molecule has 36 heavy (non-hydrogen) atoms. The Labute approximate surface area is 211 Å². The van der Waals surface area contributed by atoms with Crippen molar-refractivity contribution in [1.82, 2.24) is 0 Å². The summed E-state index contributed by atoms with van der Waals surface area (Å²) in [6, 6.07) is 27.2. The van der Waals surface area contributed by atoms with E-state index in [0.717, 1.165) is 33.3 Å². The molecule has 6 nitrogen and oxygen atoms in total. The average molecular weight is 484 g/mol. The number of benzene rings is 4. The van der Waals surface area contributed by atoms with E-state index in [2.05, 4.69) is 29.6 Å². The van der Waals surface area contributed by atoms with Crippen molar-refractivity contribution in [2.24, 2.45) is 0 Å². The molecule has 0 aliphatic heterocycles. The molecule has 0 aromatic heterocycles. The van der Waals surface area contributed by atoms with E-state index < -0.39 is 0 Å². The maximum atomic E-state index is 11.8. The van der Waals surface area contributed by atoms with E-state index in [4.69, 9.17) is 18.9 Å². The number of methoxy groups -OCH3 is 3. The molecular formula is C30H29NO5. The van der Waals surface area contributed by atoms with Crippen molar-refractivity contribution in [2.75, 3.05) is 39.8 Å². The van der Waals surface area contributed by atoms with Crippen molar-refractivity contribution in [3.63, 3.8) is 0 Å². The summed E-state index contributed by atoms with van der Waals surface area (Å²) in [7, 11) is 4.60. The zero-order valence-corrected chi connectivity index (χ0v) is 20.6. The van der Waals surface area contributed by atoms with Crippen molar-refractivity contribution >= 4 is 28.5 Å². The summed E-state index contributed by atoms with van der Waals surface area (Å²) >= 11 is 0. The summed E-state index contributed by atoms with van der Waals surface area (Å²) in [6.45, 7) is 0.923. The monoisotopic (exact) mass is 483 g/mol.